The van der Waals surface area contributed by atoms with Crippen LogP contribution in [0.3, 0.4) is 0 Å². The Labute approximate surface area is 254 Å². The Morgan fingerprint density at radius 2 is 1.21 bits per heavy atom. The van der Waals surface area contributed by atoms with Gasteiger partial charge in [-0.25, -0.2) is 9.59 Å². The minimum absolute atomic E-state index is 0.00825. The molecule has 0 bridgehead atoms. The maximum absolute atomic E-state index is 12.0. The summed E-state index contributed by atoms with van der Waals surface area (Å²) in [6.45, 7) is 5.69. The lowest BCUT2D eigenvalue weighted by Gasteiger charge is -2.14. The summed E-state index contributed by atoms with van der Waals surface area (Å²) >= 11 is 0. The van der Waals surface area contributed by atoms with E-state index in [1.807, 2.05) is 30.3 Å². The second-order valence-corrected chi connectivity index (χ2v) is 9.34. The third-order valence-electron chi connectivity index (χ3n) is 5.81. The first kappa shape index (κ1) is 38.4. The van der Waals surface area contributed by atoms with E-state index in [9.17, 15) is 19.5 Å². The normalized spacial score (nSPS) is 11.7. The van der Waals surface area contributed by atoms with Gasteiger partial charge in [-0.3, -0.25) is 4.79 Å². The van der Waals surface area contributed by atoms with Crippen molar-refractivity contribution in [3.8, 4) is 0 Å². The molecular formula is C30H49NO12. The van der Waals surface area contributed by atoms with E-state index in [0.29, 0.717) is 105 Å². The monoisotopic (exact) mass is 615 g/mol. The number of benzene rings is 1. The zero-order chi connectivity index (χ0) is 31.2. The molecule has 1 aromatic carbocycles. The van der Waals surface area contributed by atoms with Crippen molar-refractivity contribution in [3.63, 3.8) is 0 Å². The van der Waals surface area contributed by atoms with Gasteiger partial charge in [0, 0.05) is 13.5 Å². The number of alkyl carbamates (subject to hydrolysis) is 1. The van der Waals surface area contributed by atoms with Crippen molar-refractivity contribution in [3.05, 3.63) is 35.9 Å². The van der Waals surface area contributed by atoms with Gasteiger partial charge >= 0.3 is 12.1 Å². The van der Waals surface area contributed by atoms with Crippen molar-refractivity contribution < 1.29 is 57.4 Å². The van der Waals surface area contributed by atoms with Gasteiger partial charge in [0.25, 0.3) is 0 Å². The molecule has 2 N–H and O–H groups in total. The van der Waals surface area contributed by atoms with Gasteiger partial charge in [0.1, 0.15) is 19.3 Å². The molecule has 43 heavy (non-hydrogen) atoms. The second kappa shape index (κ2) is 28.1. The molecule has 0 aromatic heterocycles. The summed E-state index contributed by atoms with van der Waals surface area (Å²) in [7, 11) is 1.63. The van der Waals surface area contributed by atoms with Gasteiger partial charge in [0.05, 0.1) is 79.3 Å². The van der Waals surface area contributed by atoms with Crippen molar-refractivity contribution in [2.24, 2.45) is 0 Å². The zero-order valence-corrected chi connectivity index (χ0v) is 25.3. The summed E-state index contributed by atoms with van der Waals surface area (Å²) in [6, 6.07) is 8.07. The molecule has 1 atom stereocenters. The van der Waals surface area contributed by atoms with E-state index in [1.165, 1.54) is 0 Å². The van der Waals surface area contributed by atoms with Crippen LogP contribution >= 0.6 is 0 Å². The summed E-state index contributed by atoms with van der Waals surface area (Å²) in [5, 5.41) is 11.7. The fraction of sp³-hybridized carbons (Fsp3) is 0.700. The Kier molecular flexibility index (Phi) is 25.1. The zero-order valence-electron chi connectivity index (χ0n) is 25.3. The van der Waals surface area contributed by atoms with Crippen LogP contribution in [0.2, 0.25) is 0 Å². The molecular weight excluding hydrogens is 566 g/mol. The molecule has 13 nitrogen and oxygen atoms in total. The molecule has 1 rings (SSSR count). The molecule has 0 unspecified atom stereocenters. The molecule has 0 aliphatic carbocycles. The Morgan fingerprint density at radius 3 is 1.72 bits per heavy atom. The molecule has 0 heterocycles. The van der Waals surface area contributed by atoms with Crippen LogP contribution in [0.4, 0.5) is 4.79 Å². The molecule has 1 amide bonds. The number of hydrogen-bond donors (Lipinski definition) is 2. The number of rotatable bonds is 30. The number of methoxy groups -OCH3 is 1. The Balaban J connectivity index is 1.87. The fourth-order valence-corrected chi connectivity index (χ4v) is 3.51. The van der Waals surface area contributed by atoms with Gasteiger partial charge in [-0.1, -0.05) is 43.2 Å². The number of Topliss-reactive ketones (excluding diaryl/α,β-unsaturated/α-hetero) is 1. The Hall–Kier alpha value is -2.65. The number of ketones is 1. The molecule has 0 saturated heterocycles. The SMILES string of the molecule is COCCOCCOCCOCCOCCOCCOCC(=O)CCCCC[C@H](NC(=O)OCc1ccccc1)C(=O)O. The van der Waals surface area contributed by atoms with Crippen LogP contribution in [0, 0.1) is 0 Å². The Morgan fingerprint density at radius 1 is 0.698 bits per heavy atom. The van der Waals surface area contributed by atoms with E-state index < -0.39 is 18.1 Å². The number of aliphatic carboxylic acids is 1. The molecule has 0 fully saturated rings. The number of carbonyl (C=O) groups is 3. The smallest absolute Gasteiger partial charge is 0.408 e. The fourth-order valence-electron chi connectivity index (χ4n) is 3.51. The number of nitrogens with one attached hydrogen (secondary N) is 1. The number of hydrogen-bond acceptors (Lipinski definition) is 11. The minimum Gasteiger partial charge on any atom is -0.480 e. The number of amides is 1. The first-order valence-electron chi connectivity index (χ1n) is 14.7. The van der Waals surface area contributed by atoms with Crippen molar-refractivity contribution in [1.29, 1.82) is 0 Å². The van der Waals surface area contributed by atoms with Crippen molar-refractivity contribution in [2.75, 3.05) is 93.0 Å². The highest BCUT2D eigenvalue weighted by Crippen LogP contribution is 2.08. The molecule has 0 radical (unpaired) electrons. The number of unbranched alkanes of at least 4 members (excludes halogenated alkanes) is 2. The van der Waals surface area contributed by atoms with E-state index >= 15 is 0 Å². The van der Waals surface area contributed by atoms with Crippen LogP contribution in [0.1, 0.15) is 37.7 Å². The molecule has 0 aliphatic rings. The van der Waals surface area contributed by atoms with Crippen LogP contribution in [0.5, 0.6) is 0 Å². The summed E-state index contributed by atoms with van der Waals surface area (Å²) < 4.78 is 42.2. The van der Waals surface area contributed by atoms with E-state index in [1.54, 1.807) is 7.11 Å². The van der Waals surface area contributed by atoms with Gasteiger partial charge in [-0.2, -0.15) is 0 Å². The topological polar surface area (TPSA) is 157 Å². The van der Waals surface area contributed by atoms with Crippen LogP contribution in [-0.4, -0.2) is 122 Å². The highest BCUT2D eigenvalue weighted by molar-refractivity contribution is 5.80. The van der Waals surface area contributed by atoms with Crippen LogP contribution < -0.4 is 5.32 Å². The number of carbonyl (C=O) groups excluding carboxylic acids is 2. The lowest BCUT2D eigenvalue weighted by Crippen LogP contribution is -2.41. The van der Waals surface area contributed by atoms with Gasteiger partial charge in [-0.05, 0) is 18.4 Å². The number of ether oxygens (including phenoxy) is 8. The van der Waals surface area contributed by atoms with Crippen LogP contribution in [0.15, 0.2) is 30.3 Å². The molecule has 0 saturated carbocycles. The van der Waals surface area contributed by atoms with Gasteiger partial charge < -0.3 is 48.3 Å². The lowest BCUT2D eigenvalue weighted by molar-refractivity contribution is -0.139. The van der Waals surface area contributed by atoms with Gasteiger partial charge in [-0.15, -0.1) is 0 Å². The van der Waals surface area contributed by atoms with Gasteiger partial charge in [0.2, 0.25) is 0 Å². The average Bonchev–Trinajstić information content (AvgIpc) is 3.00. The minimum atomic E-state index is -1.13. The molecule has 1 aromatic rings. The highest BCUT2D eigenvalue weighted by Gasteiger charge is 2.20. The molecule has 0 spiro atoms. The van der Waals surface area contributed by atoms with Crippen molar-refractivity contribution in [2.45, 2.75) is 44.8 Å². The summed E-state index contributed by atoms with van der Waals surface area (Å²) in [5.41, 5.74) is 0.809. The van der Waals surface area contributed by atoms with Crippen LogP contribution in [-0.2, 0) is 54.1 Å². The maximum atomic E-state index is 12.0. The Bertz CT molecular complexity index is 827. The first-order chi connectivity index (χ1) is 21.0. The summed E-state index contributed by atoms with van der Waals surface area (Å²) in [6.07, 6.45) is 1.63. The second-order valence-electron chi connectivity index (χ2n) is 9.34. The quantitative estimate of drug-likeness (QED) is 0.122. The van der Waals surface area contributed by atoms with Crippen molar-refractivity contribution in [1.82, 2.24) is 5.32 Å². The van der Waals surface area contributed by atoms with E-state index in [-0.39, 0.29) is 25.4 Å². The highest BCUT2D eigenvalue weighted by atomic mass is 16.6. The average molecular weight is 616 g/mol. The number of carboxylic acid groups (broad SMARTS) is 1. The third-order valence-corrected chi connectivity index (χ3v) is 5.81. The third kappa shape index (κ3) is 24.5. The molecule has 246 valence electrons. The first-order valence-corrected chi connectivity index (χ1v) is 14.7. The predicted octanol–water partition coefficient (Wildman–Crippen LogP) is 2.63. The standard InChI is InChI=1S/C30H49NO12/c1-36-12-13-37-14-15-38-16-17-39-18-19-40-20-21-41-22-23-42-25-27(32)10-6-3-7-11-28(29(33)34)31-30(35)43-24-26-8-4-2-5-9-26/h2,4-5,8-9,28H,3,6-7,10-25H2,1H3,(H,31,35)(H,33,34)/t28-/m0/s1. The number of carboxylic acids is 1. The summed E-state index contributed by atoms with van der Waals surface area (Å²) in [4.78, 5) is 35.4. The van der Waals surface area contributed by atoms with Crippen molar-refractivity contribution >= 4 is 17.8 Å². The maximum Gasteiger partial charge on any atom is 0.408 e. The lowest BCUT2D eigenvalue weighted by atomic mass is 10.1. The summed E-state index contributed by atoms with van der Waals surface area (Å²) in [5.74, 6) is -1.15. The molecule has 13 heteroatoms. The largest absolute Gasteiger partial charge is 0.480 e. The van der Waals surface area contributed by atoms with E-state index in [0.717, 1.165) is 5.56 Å². The van der Waals surface area contributed by atoms with Gasteiger partial charge in [0.15, 0.2) is 5.78 Å². The van der Waals surface area contributed by atoms with Crippen LogP contribution in [0.25, 0.3) is 0 Å². The molecule has 0 aliphatic heterocycles. The van der Waals surface area contributed by atoms with E-state index in [4.69, 9.17) is 37.9 Å². The predicted molar refractivity (Wildman–Crippen MR) is 156 cm³/mol. The van der Waals surface area contributed by atoms with E-state index in [2.05, 4.69) is 5.32 Å².